The molecule has 1 rings (SSSR count). The molecule has 4 heteroatoms. The first-order valence-electron chi connectivity index (χ1n) is 6.36. The summed E-state index contributed by atoms with van der Waals surface area (Å²) in [4.78, 5) is 11.9. The van der Waals surface area contributed by atoms with E-state index in [-0.39, 0.29) is 16.7 Å². The van der Waals surface area contributed by atoms with Crippen molar-refractivity contribution < 1.29 is 9.53 Å². The molecule has 0 saturated carbocycles. The monoisotopic (exact) mass is 242 g/mol. The van der Waals surface area contributed by atoms with Crippen LogP contribution in [0.3, 0.4) is 0 Å². The van der Waals surface area contributed by atoms with Crippen LogP contribution in [0.1, 0.15) is 40.5 Å². The Balaban J connectivity index is 2.42. The summed E-state index contributed by atoms with van der Waals surface area (Å²) in [7, 11) is 0. The second-order valence-electron chi connectivity index (χ2n) is 6.48. The molecule has 0 bridgehead atoms. The molecule has 1 heterocycles. The van der Waals surface area contributed by atoms with E-state index in [1.165, 1.54) is 0 Å². The third-order valence-corrected chi connectivity index (χ3v) is 3.60. The average molecular weight is 242 g/mol. The average Bonchev–Trinajstić information content (AvgIpc) is 2.25. The normalized spacial score (nSPS) is 21.9. The third kappa shape index (κ3) is 4.28. The van der Waals surface area contributed by atoms with E-state index in [0.717, 1.165) is 26.1 Å². The van der Waals surface area contributed by atoms with Crippen LogP contribution in [0.25, 0.3) is 0 Å². The van der Waals surface area contributed by atoms with E-state index in [1.54, 1.807) is 0 Å². The number of nitrogens with two attached hydrogens (primary N) is 1. The van der Waals surface area contributed by atoms with Crippen molar-refractivity contribution in [2.75, 3.05) is 19.8 Å². The van der Waals surface area contributed by atoms with E-state index in [9.17, 15) is 4.79 Å². The van der Waals surface area contributed by atoms with E-state index in [0.29, 0.717) is 6.54 Å². The minimum atomic E-state index is -0.453. The molecule has 0 radical (unpaired) electrons. The lowest BCUT2D eigenvalue weighted by molar-refractivity contribution is -0.125. The molecule has 0 aromatic carbocycles. The number of rotatable bonds is 3. The molecule has 1 aliphatic rings. The van der Waals surface area contributed by atoms with Crippen LogP contribution in [0.2, 0.25) is 0 Å². The fraction of sp³-hybridized carbons (Fsp3) is 0.923. The molecule has 100 valence electrons. The molecule has 0 aliphatic carbocycles. The number of ether oxygens (including phenoxy) is 1. The lowest BCUT2D eigenvalue weighted by atomic mass is 9.82. The lowest BCUT2D eigenvalue weighted by Crippen LogP contribution is -2.51. The predicted octanol–water partition coefficient (Wildman–Crippen LogP) is 1.29. The summed E-state index contributed by atoms with van der Waals surface area (Å²) in [5.41, 5.74) is 5.88. The summed E-state index contributed by atoms with van der Waals surface area (Å²) in [6.45, 7) is 10.4. The Morgan fingerprint density at radius 2 is 1.94 bits per heavy atom. The van der Waals surface area contributed by atoms with Crippen molar-refractivity contribution in [3.05, 3.63) is 0 Å². The standard InChI is InChI=1S/C13H26N2O2/c1-12(2,3)10(14)11(16)15-9-13(4)5-7-17-8-6-13/h10H,5-9,14H2,1-4H3,(H,15,16)/t10-/m1/s1. The molecule has 1 aliphatic heterocycles. The van der Waals surface area contributed by atoms with Gasteiger partial charge in [0.1, 0.15) is 0 Å². The van der Waals surface area contributed by atoms with Crippen molar-refractivity contribution in [2.45, 2.75) is 46.6 Å². The van der Waals surface area contributed by atoms with Gasteiger partial charge in [-0.3, -0.25) is 4.79 Å². The van der Waals surface area contributed by atoms with Crippen LogP contribution in [0.15, 0.2) is 0 Å². The number of hydrogen-bond donors (Lipinski definition) is 2. The molecule has 1 saturated heterocycles. The van der Waals surface area contributed by atoms with Crippen molar-refractivity contribution in [1.29, 1.82) is 0 Å². The maximum Gasteiger partial charge on any atom is 0.237 e. The Morgan fingerprint density at radius 3 is 2.41 bits per heavy atom. The maximum absolute atomic E-state index is 11.9. The fourth-order valence-corrected chi connectivity index (χ4v) is 1.84. The molecule has 17 heavy (non-hydrogen) atoms. The van der Waals surface area contributed by atoms with E-state index >= 15 is 0 Å². The van der Waals surface area contributed by atoms with Gasteiger partial charge in [0, 0.05) is 19.8 Å². The highest BCUT2D eigenvalue weighted by Crippen LogP contribution is 2.28. The summed E-state index contributed by atoms with van der Waals surface area (Å²) in [5, 5.41) is 2.98. The van der Waals surface area contributed by atoms with Gasteiger partial charge in [-0.15, -0.1) is 0 Å². The van der Waals surface area contributed by atoms with Gasteiger partial charge in [-0.05, 0) is 23.7 Å². The zero-order valence-corrected chi connectivity index (χ0v) is 11.5. The molecule has 0 aromatic heterocycles. The van der Waals surface area contributed by atoms with Crippen LogP contribution in [-0.4, -0.2) is 31.7 Å². The number of nitrogens with one attached hydrogen (secondary N) is 1. The lowest BCUT2D eigenvalue weighted by Gasteiger charge is -2.34. The zero-order chi connectivity index (χ0) is 13.1. The second-order valence-corrected chi connectivity index (χ2v) is 6.48. The van der Waals surface area contributed by atoms with Crippen LogP contribution in [0.5, 0.6) is 0 Å². The highest BCUT2D eigenvalue weighted by Gasteiger charge is 2.31. The van der Waals surface area contributed by atoms with Gasteiger partial charge in [0.05, 0.1) is 6.04 Å². The van der Waals surface area contributed by atoms with Crippen molar-refractivity contribution in [3.63, 3.8) is 0 Å². The van der Waals surface area contributed by atoms with Crippen LogP contribution < -0.4 is 11.1 Å². The Bertz CT molecular complexity index is 265. The van der Waals surface area contributed by atoms with Gasteiger partial charge < -0.3 is 15.8 Å². The maximum atomic E-state index is 11.9. The summed E-state index contributed by atoms with van der Waals surface area (Å²) in [5.74, 6) is -0.0507. The summed E-state index contributed by atoms with van der Waals surface area (Å²) < 4.78 is 5.34. The van der Waals surface area contributed by atoms with Gasteiger partial charge in [0.2, 0.25) is 5.91 Å². The summed E-state index contributed by atoms with van der Waals surface area (Å²) >= 11 is 0. The first-order valence-corrected chi connectivity index (χ1v) is 6.36. The molecule has 0 aromatic rings. The van der Waals surface area contributed by atoms with Crippen LogP contribution in [-0.2, 0) is 9.53 Å². The van der Waals surface area contributed by atoms with Crippen molar-refractivity contribution in [2.24, 2.45) is 16.6 Å². The number of carbonyl (C=O) groups is 1. The largest absolute Gasteiger partial charge is 0.381 e. The molecule has 0 unspecified atom stereocenters. The number of carbonyl (C=O) groups excluding carboxylic acids is 1. The SMILES string of the molecule is CC1(CNC(=O)[C@@H](N)C(C)(C)C)CCOCC1. The Labute approximate surface area is 104 Å². The van der Waals surface area contributed by atoms with Crippen LogP contribution in [0, 0.1) is 10.8 Å². The number of hydrogen-bond acceptors (Lipinski definition) is 3. The summed E-state index contributed by atoms with van der Waals surface area (Å²) in [6, 6.07) is -0.453. The first-order chi connectivity index (χ1) is 7.75. The van der Waals surface area contributed by atoms with Crippen LogP contribution in [0.4, 0.5) is 0 Å². The van der Waals surface area contributed by atoms with Crippen molar-refractivity contribution in [1.82, 2.24) is 5.32 Å². The molecule has 1 amide bonds. The molecule has 1 atom stereocenters. The van der Waals surface area contributed by atoms with Gasteiger partial charge in [0.25, 0.3) is 0 Å². The molecule has 1 fully saturated rings. The minimum absolute atomic E-state index is 0.0507. The highest BCUT2D eigenvalue weighted by molar-refractivity contribution is 5.82. The van der Waals surface area contributed by atoms with Gasteiger partial charge in [-0.2, -0.15) is 0 Å². The van der Waals surface area contributed by atoms with Crippen molar-refractivity contribution >= 4 is 5.91 Å². The zero-order valence-electron chi connectivity index (χ0n) is 11.5. The summed E-state index contributed by atoms with van der Waals surface area (Å²) in [6.07, 6.45) is 2.00. The van der Waals surface area contributed by atoms with Gasteiger partial charge in [0.15, 0.2) is 0 Å². The smallest absolute Gasteiger partial charge is 0.237 e. The van der Waals surface area contributed by atoms with Gasteiger partial charge in [-0.1, -0.05) is 27.7 Å². The van der Waals surface area contributed by atoms with Crippen molar-refractivity contribution in [3.8, 4) is 0 Å². The van der Waals surface area contributed by atoms with E-state index in [4.69, 9.17) is 10.5 Å². The third-order valence-electron chi connectivity index (χ3n) is 3.60. The topological polar surface area (TPSA) is 64.4 Å². The minimum Gasteiger partial charge on any atom is -0.381 e. The Morgan fingerprint density at radius 1 is 1.41 bits per heavy atom. The highest BCUT2D eigenvalue weighted by atomic mass is 16.5. The van der Waals surface area contributed by atoms with Gasteiger partial charge in [-0.25, -0.2) is 0 Å². The molecule has 4 nitrogen and oxygen atoms in total. The quantitative estimate of drug-likeness (QED) is 0.784. The van der Waals surface area contributed by atoms with Gasteiger partial charge >= 0.3 is 0 Å². The molecule has 3 N–H and O–H groups in total. The van der Waals surface area contributed by atoms with E-state index < -0.39 is 6.04 Å². The van der Waals surface area contributed by atoms with Crippen LogP contribution >= 0.6 is 0 Å². The van der Waals surface area contributed by atoms with E-state index in [2.05, 4.69) is 12.2 Å². The Hall–Kier alpha value is -0.610. The molecule has 0 spiro atoms. The predicted molar refractivity (Wildman–Crippen MR) is 68.6 cm³/mol. The second kappa shape index (κ2) is 5.36. The fourth-order valence-electron chi connectivity index (χ4n) is 1.84. The first kappa shape index (κ1) is 14.5. The number of amides is 1. The Kier molecular flexibility index (Phi) is 4.55. The molecular weight excluding hydrogens is 216 g/mol. The molecular formula is C13H26N2O2. The van der Waals surface area contributed by atoms with E-state index in [1.807, 2.05) is 20.8 Å².